The molecule has 2 aromatic rings. The fourth-order valence-corrected chi connectivity index (χ4v) is 2.89. The van der Waals surface area contributed by atoms with Gasteiger partial charge in [0.1, 0.15) is 10.6 Å². The average molecular weight is 321 g/mol. The maximum absolute atomic E-state index is 12.3. The van der Waals surface area contributed by atoms with E-state index in [0.717, 1.165) is 29.8 Å². The van der Waals surface area contributed by atoms with E-state index in [1.165, 1.54) is 0 Å². The minimum atomic E-state index is -4.03. The summed E-state index contributed by atoms with van der Waals surface area (Å²) in [5, 5.41) is 10.6. The molecule has 6 nitrogen and oxygen atoms in total. The average Bonchev–Trinajstić information content (AvgIpc) is 2.47. The van der Waals surface area contributed by atoms with Gasteiger partial charge in [-0.15, -0.1) is 0 Å². The van der Waals surface area contributed by atoms with Crippen LogP contribution in [0.5, 0.6) is 5.75 Å². The highest BCUT2D eigenvalue weighted by molar-refractivity contribution is 7.87. The Morgan fingerprint density at radius 3 is 2.18 bits per heavy atom. The van der Waals surface area contributed by atoms with E-state index in [2.05, 4.69) is 0 Å². The molecule has 0 spiro atoms. The molecule has 0 bridgehead atoms. The molecule has 0 radical (unpaired) electrons. The van der Waals surface area contributed by atoms with Gasteiger partial charge in [0, 0.05) is 12.1 Å². The zero-order valence-corrected chi connectivity index (χ0v) is 12.9. The standard InChI is InChI=1S/C15H15NO5S/c1-11(2)14-5-3-4-6-15(14)21-22(19,20)13-9-7-12(8-10-13)16(17)18/h3-11H,1-2H3. The third kappa shape index (κ3) is 3.43. The second kappa shape index (κ2) is 6.15. The number of nitro groups is 1. The van der Waals surface area contributed by atoms with E-state index in [0.29, 0.717) is 0 Å². The maximum Gasteiger partial charge on any atom is 0.339 e. The molecule has 0 N–H and O–H groups in total. The third-order valence-corrected chi connectivity index (χ3v) is 4.33. The number of hydrogen-bond donors (Lipinski definition) is 0. The smallest absolute Gasteiger partial charge is 0.339 e. The first-order valence-corrected chi connectivity index (χ1v) is 8.00. The summed E-state index contributed by atoms with van der Waals surface area (Å²) in [6, 6.07) is 11.4. The molecule has 0 atom stereocenters. The SMILES string of the molecule is CC(C)c1ccccc1OS(=O)(=O)c1ccc([N+](=O)[O-])cc1. The van der Waals surface area contributed by atoms with Crippen LogP contribution in [0.15, 0.2) is 53.4 Å². The van der Waals surface area contributed by atoms with Crippen molar-refractivity contribution in [2.24, 2.45) is 0 Å². The van der Waals surface area contributed by atoms with Gasteiger partial charge in [-0.1, -0.05) is 32.0 Å². The van der Waals surface area contributed by atoms with Gasteiger partial charge in [0.2, 0.25) is 0 Å². The van der Waals surface area contributed by atoms with Crippen LogP contribution in [-0.2, 0) is 10.1 Å². The number of benzene rings is 2. The van der Waals surface area contributed by atoms with Crippen LogP contribution < -0.4 is 4.18 Å². The van der Waals surface area contributed by atoms with Crippen molar-refractivity contribution < 1.29 is 17.5 Å². The molecule has 0 aliphatic carbocycles. The van der Waals surface area contributed by atoms with Gasteiger partial charge in [-0.05, 0) is 29.7 Å². The Balaban J connectivity index is 2.34. The molecule has 2 aromatic carbocycles. The first-order chi connectivity index (χ1) is 10.3. The summed E-state index contributed by atoms with van der Waals surface area (Å²) in [5.74, 6) is 0.360. The van der Waals surface area contributed by atoms with E-state index in [-0.39, 0.29) is 22.3 Å². The Hall–Kier alpha value is -2.41. The highest BCUT2D eigenvalue weighted by atomic mass is 32.2. The van der Waals surface area contributed by atoms with Crippen molar-refractivity contribution in [1.82, 2.24) is 0 Å². The highest BCUT2D eigenvalue weighted by Gasteiger charge is 2.20. The van der Waals surface area contributed by atoms with E-state index in [4.69, 9.17) is 4.18 Å². The summed E-state index contributed by atoms with van der Waals surface area (Å²) in [6.45, 7) is 3.86. The molecule has 22 heavy (non-hydrogen) atoms. The second-order valence-electron chi connectivity index (χ2n) is 4.98. The van der Waals surface area contributed by atoms with Gasteiger partial charge in [0.15, 0.2) is 0 Å². The fourth-order valence-electron chi connectivity index (χ4n) is 1.93. The summed E-state index contributed by atoms with van der Waals surface area (Å²) in [7, 11) is -4.03. The van der Waals surface area contributed by atoms with Crippen molar-refractivity contribution >= 4 is 15.8 Å². The van der Waals surface area contributed by atoms with Crippen LogP contribution in [0.25, 0.3) is 0 Å². The minimum Gasteiger partial charge on any atom is -0.379 e. The van der Waals surface area contributed by atoms with E-state index in [1.807, 2.05) is 13.8 Å². The van der Waals surface area contributed by atoms with Crippen molar-refractivity contribution in [2.75, 3.05) is 0 Å². The Morgan fingerprint density at radius 1 is 1.05 bits per heavy atom. The van der Waals surface area contributed by atoms with Crippen molar-refractivity contribution in [1.29, 1.82) is 0 Å². The molecule has 0 saturated carbocycles. The quantitative estimate of drug-likeness (QED) is 0.478. The molecule has 116 valence electrons. The Morgan fingerprint density at radius 2 is 1.64 bits per heavy atom. The predicted octanol–water partition coefficient (Wildman–Crippen LogP) is 3.49. The van der Waals surface area contributed by atoms with Gasteiger partial charge in [-0.2, -0.15) is 8.42 Å². The normalized spacial score (nSPS) is 11.4. The lowest BCUT2D eigenvalue weighted by molar-refractivity contribution is -0.384. The minimum absolute atomic E-state index is 0.100. The van der Waals surface area contributed by atoms with Gasteiger partial charge in [-0.25, -0.2) is 0 Å². The summed E-state index contributed by atoms with van der Waals surface area (Å²) < 4.78 is 29.7. The number of para-hydroxylation sites is 1. The summed E-state index contributed by atoms with van der Waals surface area (Å²) in [4.78, 5) is 9.88. The van der Waals surface area contributed by atoms with E-state index in [1.54, 1.807) is 24.3 Å². The lowest BCUT2D eigenvalue weighted by Crippen LogP contribution is -2.11. The predicted molar refractivity (Wildman–Crippen MR) is 81.4 cm³/mol. The van der Waals surface area contributed by atoms with Crippen molar-refractivity contribution in [3.63, 3.8) is 0 Å². The van der Waals surface area contributed by atoms with E-state index >= 15 is 0 Å². The van der Waals surface area contributed by atoms with Crippen LogP contribution in [0.3, 0.4) is 0 Å². The number of nitrogens with zero attached hydrogens (tertiary/aromatic N) is 1. The first-order valence-electron chi connectivity index (χ1n) is 6.59. The third-order valence-electron chi connectivity index (χ3n) is 3.08. The molecule has 0 aliphatic rings. The number of hydrogen-bond acceptors (Lipinski definition) is 5. The zero-order valence-electron chi connectivity index (χ0n) is 12.1. The lowest BCUT2D eigenvalue weighted by Gasteiger charge is -2.13. The van der Waals surface area contributed by atoms with Crippen molar-refractivity contribution in [2.45, 2.75) is 24.7 Å². The molecular weight excluding hydrogens is 306 g/mol. The zero-order chi connectivity index (χ0) is 16.3. The van der Waals surface area contributed by atoms with Crippen molar-refractivity contribution in [3.05, 3.63) is 64.2 Å². The number of non-ortho nitro benzene ring substituents is 1. The molecule has 0 fully saturated rings. The molecule has 0 unspecified atom stereocenters. The second-order valence-corrected chi connectivity index (χ2v) is 6.53. The Kier molecular flexibility index (Phi) is 4.46. The Bertz CT molecular complexity index is 782. The number of nitro benzene ring substituents is 1. The topological polar surface area (TPSA) is 86.5 Å². The molecule has 2 rings (SSSR count). The summed E-state index contributed by atoms with van der Waals surface area (Å²) in [6.07, 6.45) is 0. The maximum atomic E-state index is 12.3. The largest absolute Gasteiger partial charge is 0.379 e. The molecule has 7 heteroatoms. The first kappa shape index (κ1) is 16.0. The van der Waals surface area contributed by atoms with Crippen LogP contribution in [0.4, 0.5) is 5.69 Å². The molecule has 0 saturated heterocycles. The van der Waals surface area contributed by atoms with E-state index in [9.17, 15) is 18.5 Å². The van der Waals surface area contributed by atoms with Crippen LogP contribution >= 0.6 is 0 Å². The van der Waals surface area contributed by atoms with Gasteiger partial charge in [-0.3, -0.25) is 10.1 Å². The lowest BCUT2D eigenvalue weighted by atomic mass is 10.0. The highest BCUT2D eigenvalue weighted by Crippen LogP contribution is 2.29. The number of rotatable bonds is 5. The van der Waals surface area contributed by atoms with Crippen LogP contribution in [-0.4, -0.2) is 13.3 Å². The molecule has 0 aromatic heterocycles. The summed E-state index contributed by atoms with van der Waals surface area (Å²) in [5.41, 5.74) is 0.592. The van der Waals surface area contributed by atoms with Crippen LogP contribution in [0, 0.1) is 10.1 Å². The fraction of sp³-hybridized carbons (Fsp3) is 0.200. The van der Waals surface area contributed by atoms with Gasteiger partial charge >= 0.3 is 10.1 Å². The Labute approximate surface area is 128 Å². The van der Waals surface area contributed by atoms with Crippen molar-refractivity contribution in [3.8, 4) is 5.75 Å². The van der Waals surface area contributed by atoms with Gasteiger partial charge < -0.3 is 4.18 Å². The molecular formula is C15H15NO5S. The molecule has 0 heterocycles. The monoisotopic (exact) mass is 321 g/mol. The van der Waals surface area contributed by atoms with Gasteiger partial charge in [0.25, 0.3) is 5.69 Å². The van der Waals surface area contributed by atoms with Crippen LogP contribution in [0.1, 0.15) is 25.3 Å². The van der Waals surface area contributed by atoms with Gasteiger partial charge in [0.05, 0.1) is 4.92 Å². The summed E-state index contributed by atoms with van der Waals surface area (Å²) >= 11 is 0. The molecule has 0 aliphatic heterocycles. The molecule has 0 amide bonds. The van der Waals surface area contributed by atoms with E-state index < -0.39 is 15.0 Å². The van der Waals surface area contributed by atoms with Crippen LogP contribution in [0.2, 0.25) is 0 Å².